The van der Waals surface area contributed by atoms with E-state index in [1.165, 1.54) is 0 Å². The summed E-state index contributed by atoms with van der Waals surface area (Å²) >= 11 is 0. The molecule has 0 radical (unpaired) electrons. The van der Waals surface area contributed by atoms with E-state index in [9.17, 15) is 15.3 Å². The number of nitrogens with zero attached hydrogens (tertiary/aromatic N) is 2. The van der Waals surface area contributed by atoms with Gasteiger partial charge in [-0.05, 0) is 51.4 Å². The van der Waals surface area contributed by atoms with E-state index >= 15 is 0 Å². The van der Waals surface area contributed by atoms with Crippen molar-refractivity contribution >= 4 is 0 Å². The lowest BCUT2D eigenvalue weighted by Crippen LogP contribution is -2.70. The molecule has 0 saturated heterocycles. The molecule has 7 N–H and O–H groups in total. The summed E-state index contributed by atoms with van der Waals surface area (Å²) < 4.78 is 28.9. The minimum atomic E-state index is -0.730. The van der Waals surface area contributed by atoms with Crippen molar-refractivity contribution in [2.75, 3.05) is 86.2 Å². The number of unbranched alkanes of at least 4 members (excludes halogenated alkanes) is 4. The molecule has 0 aromatic carbocycles. The van der Waals surface area contributed by atoms with Gasteiger partial charge in [-0.15, -0.1) is 0 Å². The summed E-state index contributed by atoms with van der Waals surface area (Å²) in [5.41, 5.74) is 10.2. The molecule has 0 spiro atoms. The van der Waals surface area contributed by atoms with Crippen molar-refractivity contribution < 1.29 is 39.0 Å². The van der Waals surface area contributed by atoms with Gasteiger partial charge in [-0.1, -0.05) is 26.7 Å². The molecular weight excluding hydrogens is 544 g/mol. The molecule has 42 heavy (non-hydrogen) atoms. The zero-order valence-corrected chi connectivity index (χ0v) is 26.6. The second kappa shape index (κ2) is 25.8. The van der Waals surface area contributed by atoms with Crippen molar-refractivity contribution in [2.45, 2.75) is 108 Å². The highest BCUT2D eigenvalue weighted by molar-refractivity contribution is 5.10. The third-order valence-electron chi connectivity index (χ3n) is 7.69. The highest BCUT2D eigenvalue weighted by atomic mass is 16.5. The van der Waals surface area contributed by atoms with Gasteiger partial charge in [0.05, 0.1) is 57.4 Å². The number of rotatable bonds is 31. The van der Waals surface area contributed by atoms with E-state index in [4.69, 9.17) is 35.2 Å². The van der Waals surface area contributed by atoms with Crippen molar-refractivity contribution in [3.63, 3.8) is 0 Å². The molecule has 4 unspecified atom stereocenters. The lowest BCUT2D eigenvalue weighted by molar-refractivity contribution is -0.239. The highest BCUT2D eigenvalue weighted by Gasteiger charge is 2.56. The summed E-state index contributed by atoms with van der Waals surface area (Å²) in [6.45, 7) is 10.1. The first-order valence-electron chi connectivity index (χ1n) is 16.3. The van der Waals surface area contributed by atoms with Crippen LogP contribution in [0.2, 0.25) is 0 Å². The largest absolute Gasteiger partial charge is 0.396 e. The predicted octanol–water partition coefficient (Wildman–Crippen LogP) is 1.59. The van der Waals surface area contributed by atoms with E-state index in [-0.39, 0.29) is 32.7 Å². The second-order valence-electron chi connectivity index (χ2n) is 11.3. The number of nitrogens with two attached hydrogens (primary N) is 2. The van der Waals surface area contributed by atoms with Gasteiger partial charge in [-0.25, -0.2) is 0 Å². The van der Waals surface area contributed by atoms with Crippen LogP contribution in [0.1, 0.15) is 84.5 Å². The number of hydrogen-bond acceptors (Lipinski definition) is 12. The second-order valence-corrected chi connectivity index (χ2v) is 11.3. The molecule has 0 amide bonds. The summed E-state index contributed by atoms with van der Waals surface area (Å²) in [7, 11) is 0. The molecule has 1 saturated carbocycles. The Kier molecular flexibility index (Phi) is 24.3. The molecule has 0 aromatic rings. The Morgan fingerprint density at radius 3 is 1.98 bits per heavy atom. The maximum atomic E-state index is 11.0. The van der Waals surface area contributed by atoms with Crippen molar-refractivity contribution in [1.82, 2.24) is 9.80 Å². The topological polar surface area (TPSA) is 165 Å². The van der Waals surface area contributed by atoms with Gasteiger partial charge >= 0.3 is 0 Å². The molecule has 12 nitrogen and oxygen atoms in total. The fraction of sp³-hybridized carbons (Fsp3) is 1.00. The van der Waals surface area contributed by atoms with Crippen LogP contribution in [0, 0.1) is 0 Å². The molecule has 1 aliphatic rings. The summed E-state index contributed by atoms with van der Waals surface area (Å²) in [5.74, 6) is 0. The zero-order chi connectivity index (χ0) is 30.9. The van der Waals surface area contributed by atoms with Crippen molar-refractivity contribution in [3.8, 4) is 0 Å². The van der Waals surface area contributed by atoms with Crippen LogP contribution < -0.4 is 11.5 Å². The monoisotopic (exact) mass is 608 g/mol. The first kappa shape index (κ1) is 39.5. The standard InChI is InChI=1S/C30H64N4O8/c1-3-5-16-40-25-33(13-7-9-18-38-23-31)21-27(36)22-42-30(12-11-15-35)20-28(37)29(30)34(26-41-17-6-4-2)14-8-10-19-39-24-32/h27-29,35-37H,3-26,31-32H2,1-2H3. The van der Waals surface area contributed by atoms with Crippen LogP contribution in [-0.4, -0.2) is 135 Å². The van der Waals surface area contributed by atoms with Crippen LogP contribution in [0.4, 0.5) is 0 Å². The number of ether oxygens (including phenoxy) is 5. The molecule has 4 atom stereocenters. The Labute approximate surface area is 254 Å². The van der Waals surface area contributed by atoms with Crippen molar-refractivity contribution in [1.29, 1.82) is 0 Å². The van der Waals surface area contributed by atoms with E-state index < -0.39 is 17.8 Å². The maximum absolute atomic E-state index is 11.0. The molecule has 1 aliphatic carbocycles. The van der Waals surface area contributed by atoms with Crippen LogP contribution in [0.25, 0.3) is 0 Å². The molecule has 0 bridgehead atoms. The molecular formula is C30H64N4O8. The predicted molar refractivity (Wildman–Crippen MR) is 164 cm³/mol. The quantitative estimate of drug-likeness (QED) is 0.0571. The van der Waals surface area contributed by atoms with Crippen molar-refractivity contribution in [3.05, 3.63) is 0 Å². The Morgan fingerprint density at radius 1 is 0.810 bits per heavy atom. The minimum absolute atomic E-state index is 0.0383. The first-order chi connectivity index (χ1) is 20.5. The Morgan fingerprint density at radius 2 is 1.40 bits per heavy atom. The maximum Gasteiger partial charge on any atom is 0.0994 e. The Balaban J connectivity index is 2.84. The van der Waals surface area contributed by atoms with E-state index in [2.05, 4.69) is 23.6 Å². The fourth-order valence-corrected chi connectivity index (χ4v) is 5.40. The van der Waals surface area contributed by atoms with Gasteiger partial charge in [-0.2, -0.15) is 0 Å². The van der Waals surface area contributed by atoms with Gasteiger partial charge in [0, 0.05) is 59.1 Å². The molecule has 12 heteroatoms. The smallest absolute Gasteiger partial charge is 0.0994 e. The van der Waals surface area contributed by atoms with E-state index in [0.717, 1.165) is 57.9 Å². The highest BCUT2D eigenvalue weighted by Crippen LogP contribution is 2.43. The number of hydrogen-bond donors (Lipinski definition) is 5. The van der Waals surface area contributed by atoms with Gasteiger partial charge in [0.25, 0.3) is 0 Å². The lowest BCUT2D eigenvalue weighted by atomic mass is 9.68. The molecule has 0 heterocycles. The minimum Gasteiger partial charge on any atom is -0.396 e. The van der Waals surface area contributed by atoms with Gasteiger partial charge in [0.1, 0.15) is 0 Å². The zero-order valence-electron chi connectivity index (χ0n) is 26.6. The van der Waals surface area contributed by atoms with E-state index in [1.54, 1.807) is 0 Å². The molecule has 1 fully saturated rings. The molecule has 252 valence electrons. The molecule has 1 rings (SSSR count). The van der Waals surface area contributed by atoms with Crippen LogP contribution in [-0.2, 0) is 23.7 Å². The number of aliphatic hydroxyl groups excluding tert-OH is 3. The number of aliphatic hydroxyl groups is 3. The van der Waals surface area contributed by atoms with Gasteiger partial charge in [0.15, 0.2) is 0 Å². The summed E-state index contributed by atoms with van der Waals surface area (Å²) in [5, 5.41) is 31.7. The Hall–Kier alpha value is -0.480. The third-order valence-corrected chi connectivity index (χ3v) is 7.69. The first-order valence-corrected chi connectivity index (χ1v) is 16.3. The molecule has 0 aliphatic heterocycles. The van der Waals surface area contributed by atoms with Crippen LogP contribution >= 0.6 is 0 Å². The normalized spacial score (nSPS) is 21.4. The SMILES string of the molecule is CCCCOCN(CCCCOCN)CC(O)COC1(CCCO)CC(O)C1N(CCCCOCN)COCCCC. The van der Waals surface area contributed by atoms with Crippen LogP contribution in [0.3, 0.4) is 0 Å². The fourth-order valence-electron chi connectivity index (χ4n) is 5.40. The average molecular weight is 609 g/mol. The van der Waals surface area contributed by atoms with E-state index in [1.807, 2.05) is 0 Å². The van der Waals surface area contributed by atoms with Crippen LogP contribution in [0.15, 0.2) is 0 Å². The summed E-state index contributed by atoms with van der Waals surface area (Å²) in [4.78, 5) is 4.27. The summed E-state index contributed by atoms with van der Waals surface area (Å²) in [6, 6.07) is -0.288. The third kappa shape index (κ3) is 16.6. The van der Waals surface area contributed by atoms with Gasteiger partial charge < -0.3 is 50.5 Å². The lowest BCUT2D eigenvalue weighted by Gasteiger charge is -2.57. The summed E-state index contributed by atoms with van der Waals surface area (Å²) in [6.07, 6.45) is 7.88. The van der Waals surface area contributed by atoms with Crippen molar-refractivity contribution in [2.24, 2.45) is 11.5 Å². The van der Waals surface area contributed by atoms with Gasteiger partial charge in [0.2, 0.25) is 0 Å². The average Bonchev–Trinajstić information content (AvgIpc) is 2.98. The Bertz CT molecular complexity index is 612. The van der Waals surface area contributed by atoms with Gasteiger partial charge in [-0.3, -0.25) is 9.80 Å². The van der Waals surface area contributed by atoms with Crippen LogP contribution in [0.5, 0.6) is 0 Å². The molecule has 0 aromatic heterocycles. The van der Waals surface area contributed by atoms with E-state index in [0.29, 0.717) is 72.2 Å².